The summed E-state index contributed by atoms with van der Waals surface area (Å²) in [4.78, 5) is 11.1. The molecule has 0 bridgehead atoms. The van der Waals surface area contributed by atoms with Gasteiger partial charge in [-0.25, -0.2) is 0 Å². The van der Waals surface area contributed by atoms with Crippen molar-refractivity contribution in [2.75, 3.05) is 6.54 Å². The minimum atomic E-state index is -0.711. The summed E-state index contributed by atoms with van der Waals surface area (Å²) in [7, 11) is 0. The fourth-order valence-corrected chi connectivity index (χ4v) is 3.16. The lowest BCUT2D eigenvalue weighted by Gasteiger charge is -2.12. The van der Waals surface area contributed by atoms with Crippen LogP contribution in [0.25, 0.3) is 0 Å². The van der Waals surface area contributed by atoms with Crippen molar-refractivity contribution in [2.45, 2.75) is 25.3 Å². The van der Waals surface area contributed by atoms with Gasteiger partial charge in [0, 0.05) is 12.5 Å². The van der Waals surface area contributed by atoms with Crippen LogP contribution in [0.2, 0.25) is 0 Å². The first-order valence-corrected chi connectivity index (χ1v) is 5.72. The van der Waals surface area contributed by atoms with Gasteiger partial charge < -0.3 is 10.4 Å². The van der Waals surface area contributed by atoms with E-state index < -0.39 is 5.97 Å². The first kappa shape index (κ1) is 9.85. The average molecular weight is 217 g/mol. The lowest BCUT2D eigenvalue weighted by molar-refractivity contribution is -0.140. The fourth-order valence-electron chi connectivity index (χ4n) is 3.16. The van der Waals surface area contributed by atoms with E-state index in [1.807, 2.05) is 0 Å². The van der Waals surface area contributed by atoms with Crippen LogP contribution in [0.5, 0.6) is 0 Å². The van der Waals surface area contributed by atoms with Crippen molar-refractivity contribution in [1.29, 1.82) is 0 Å². The number of nitrogens with one attached hydrogen (secondary N) is 1. The molecule has 84 valence electrons. The number of hydrogen-bond donors (Lipinski definition) is 2. The Hall–Kier alpha value is -1.35. The van der Waals surface area contributed by atoms with E-state index in [1.165, 1.54) is 16.7 Å². The van der Waals surface area contributed by atoms with Crippen molar-refractivity contribution < 1.29 is 9.90 Å². The number of carboxylic acid groups (broad SMARTS) is 1. The molecule has 1 fully saturated rings. The van der Waals surface area contributed by atoms with Gasteiger partial charge in [0.25, 0.3) is 0 Å². The highest BCUT2D eigenvalue weighted by atomic mass is 16.4. The van der Waals surface area contributed by atoms with Gasteiger partial charge in [-0.2, -0.15) is 0 Å². The topological polar surface area (TPSA) is 49.3 Å². The Kier molecular flexibility index (Phi) is 2.04. The van der Waals surface area contributed by atoms with Gasteiger partial charge in [-0.05, 0) is 30.4 Å². The lowest BCUT2D eigenvalue weighted by atomic mass is 9.91. The monoisotopic (exact) mass is 217 g/mol. The van der Waals surface area contributed by atoms with Crippen LogP contribution < -0.4 is 5.32 Å². The second-order valence-electron chi connectivity index (χ2n) is 4.90. The van der Waals surface area contributed by atoms with Gasteiger partial charge >= 0.3 is 5.97 Å². The van der Waals surface area contributed by atoms with E-state index in [4.69, 9.17) is 5.11 Å². The molecule has 16 heavy (non-hydrogen) atoms. The molecule has 1 aliphatic carbocycles. The maximum absolute atomic E-state index is 11.1. The highest BCUT2D eigenvalue weighted by Gasteiger charge is 2.45. The van der Waals surface area contributed by atoms with Gasteiger partial charge in [0.05, 0.1) is 0 Å². The quantitative estimate of drug-likeness (QED) is 0.745. The Labute approximate surface area is 94.5 Å². The molecule has 1 aromatic rings. The summed E-state index contributed by atoms with van der Waals surface area (Å²) in [5, 5.41) is 12.3. The van der Waals surface area contributed by atoms with Crippen LogP contribution in [0.4, 0.5) is 0 Å². The highest BCUT2D eigenvalue weighted by Crippen LogP contribution is 2.43. The van der Waals surface area contributed by atoms with Crippen LogP contribution in [-0.2, 0) is 11.2 Å². The molecule has 0 spiro atoms. The van der Waals surface area contributed by atoms with Gasteiger partial charge in [-0.15, -0.1) is 0 Å². The fraction of sp³-hybridized carbons (Fsp3) is 0.462. The third kappa shape index (κ3) is 1.28. The van der Waals surface area contributed by atoms with Crippen molar-refractivity contribution in [3.05, 3.63) is 34.9 Å². The predicted octanol–water partition coefficient (Wildman–Crippen LogP) is 1.31. The molecule has 3 atom stereocenters. The Balaban J connectivity index is 1.98. The first-order chi connectivity index (χ1) is 7.66. The number of aryl methyl sites for hydroxylation is 1. The third-order valence-electron chi connectivity index (χ3n) is 3.93. The Morgan fingerprint density at radius 1 is 1.50 bits per heavy atom. The summed E-state index contributed by atoms with van der Waals surface area (Å²) in [6, 6.07) is 6.12. The molecule has 2 aliphatic rings. The van der Waals surface area contributed by atoms with Crippen molar-refractivity contribution in [2.24, 2.45) is 5.92 Å². The van der Waals surface area contributed by atoms with Crippen LogP contribution in [0.15, 0.2) is 18.2 Å². The van der Waals surface area contributed by atoms with Gasteiger partial charge in [-0.1, -0.05) is 23.8 Å². The van der Waals surface area contributed by atoms with Crippen LogP contribution in [0.1, 0.15) is 22.6 Å². The molecular formula is C13H15NO2. The predicted molar refractivity (Wildman–Crippen MR) is 60.5 cm³/mol. The first-order valence-electron chi connectivity index (χ1n) is 5.72. The zero-order chi connectivity index (χ0) is 11.3. The minimum Gasteiger partial charge on any atom is -0.480 e. The second-order valence-corrected chi connectivity index (χ2v) is 4.90. The molecular weight excluding hydrogens is 202 g/mol. The number of hydrogen-bond acceptors (Lipinski definition) is 2. The molecule has 3 heteroatoms. The average Bonchev–Trinajstić information content (AvgIpc) is 2.76. The molecule has 3 nitrogen and oxygen atoms in total. The van der Waals surface area contributed by atoms with Gasteiger partial charge in [-0.3, -0.25) is 4.79 Å². The molecule has 3 unspecified atom stereocenters. The number of benzene rings is 1. The van der Waals surface area contributed by atoms with Crippen LogP contribution in [0.3, 0.4) is 0 Å². The molecule has 0 radical (unpaired) electrons. The van der Waals surface area contributed by atoms with Crippen molar-refractivity contribution in [3.8, 4) is 0 Å². The smallest absolute Gasteiger partial charge is 0.321 e. The van der Waals surface area contributed by atoms with E-state index in [0.717, 1.165) is 13.0 Å². The molecule has 0 amide bonds. The normalized spacial score (nSPS) is 31.2. The number of fused-ring (bicyclic) bond motifs is 3. The summed E-state index contributed by atoms with van der Waals surface area (Å²) in [5.74, 6) is -0.0673. The van der Waals surface area contributed by atoms with Crippen LogP contribution >= 0.6 is 0 Å². The zero-order valence-electron chi connectivity index (χ0n) is 9.23. The summed E-state index contributed by atoms with van der Waals surface area (Å²) in [6.07, 6.45) is 0.907. The van der Waals surface area contributed by atoms with E-state index in [9.17, 15) is 4.79 Å². The van der Waals surface area contributed by atoms with E-state index in [-0.39, 0.29) is 12.0 Å². The summed E-state index contributed by atoms with van der Waals surface area (Å²) in [6.45, 7) is 2.89. The van der Waals surface area contributed by atoms with Gasteiger partial charge in [0.2, 0.25) is 0 Å². The van der Waals surface area contributed by atoms with Crippen LogP contribution in [0, 0.1) is 12.8 Å². The maximum atomic E-state index is 11.1. The number of carbonyl (C=O) groups is 1. The van der Waals surface area contributed by atoms with Gasteiger partial charge in [0.15, 0.2) is 0 Å². The maximum Gasteiger partial charge on any atom is 0.321 e. The summed E-state index contributed by atoms with van der Waals surface area (Å²) < 4.78 is 0. The molecule has 2 N–H and O–H groups in total. The second kappa shape index (κ2) is 3.32. The van der Waals surface area contributed by atoms with Crippen LogP contribution in [-0.4, -0.2) is 23.7 Å². The zero-order valence-corrected chi connectivity index (χ0v) is 9.23. The van der Waals surface area contributed by atoms with Crippen molar-refractivity contribution in [1.82, 2.24) is 5.32 Å². The number of carboxylic acids is 1. The van der Waals surface area contributed by atoms with E-state index in [0.29, 0.717) is 5.92 Å². The molecule has 1 saturated heterocycles. The third-order valence-corrected chi connectivity index (χ3v) is 3.93. The summed E-state index contributed by atoms with van der Waals surface area (Å²) >= 11 is 0. The standard InChI is InChI=1S/C13H15NO2/c1-7-2-3-8-5-10-11(9(8)4-7)6-14-12(10)13(15)16/h2-4,10-12,14H,5-6H2,1H3,(H,15,16). The summed E-state index contributed by atoms with van der Waals surface area (Å²) in [5.41, 5.74) is 3.97. The van der Waals surface area contributed by atoms with Crippen molar-refractivity contribution >= 4 is 5.97 Å². The molecule has 0 aromatic heterocycles. The Morgan fingerprint density at radius 2 is 2.31 bits per heavy atom. The Bertz CT molecular complexity index is 455. The number of rotatable bonds is 1. The number of aliphatic carboxylic acids is 1. The SMILES string of the molecule is Cc1ccc2c(c1)C1CNC(C(=O)O)C1C2. The largest absolute Gasteiger partial charge is 0.480 e. The molecule has 1 heterocycles. The van der Waals surface area contributed by atoms with Gasteiger partial charge in [0.1, 0.15) is 6.04 Å². The van der Waals surface area contributed by atoms with E-state index in [2.05, 4.69) is 30.4 Å². The molecule has 0 saturated carbocycles. The molecule has 3 rings (SSSR count). The lowest BCUT2D eigenvalue weighted by Crippen LogP contribution is -2.35. The Morgan fingerprint density at radius 3 is 3.06 bits per heavy atom. The van der Waals surface area contributed by atoms with E-state index in [1.54, 1.807) is 0 Å². The van der Waals surface area contributed by atoms with E-state index >= 15 is 0 Å². The minimum absolute atomic E-state index is 0.245. The van der Waals surface area contributed by atoms with Crippen molar-refractivity contribution in [3.63, 3.8) is 0 Å². The molecule has 1 aromatic carbocycles. The highest BCUT2D eigenvalue weighted by molar-refractivity contribution is 5.75. The molecule has 1 aliphatic heterocycles.